The molecule has 1 aromatic heterocycles. The maximum Gasteiger partial charge on any atom is 0.335 e. The van der Waals surface area contributed by atoms with Gasteiger partial charge in [0, 0.05) is 12.0 Å². The standard InChI is InChI=1S/C13H14N2O3/c1-13(6-18-7-13)5-15-8-14-10-3-2-9(12(16)17)4-11(10)15/h2-4,8H,5-7H2,1H3,(H,16,17). The van der Waals surface area contributed by atoms with Gasteiger partial charge in [-0.05, 0) is 18.2 Å². The van der Waals surface area contributed by atoms with Gasteiger partial charge in [-0.25, -0.2) is 9.78 Å². The van der Waals surface area contributed by atoms with Gasteiger partial charge < -0.3 is 14.4 Å². The number of carboxylic acids is 1. The molecule has 1 N–H and O–H groups in total. The molecule has 5 nitrogen and oxygen atoms in total. The lowest BCUT2D eigenvalue weighted by Crippen LogP contribution is -2.43. The molecule has 0 aliphatic carbocycles. The van der Waals surface area contributed by atoms with Gasteiger partial charge in [0.2, 0.25) is 0 Å². The largest absolute Gasteiger partial charge is 0.478 e. The number of nitrogens with zero attached hydrogens (tertiary/aromatic N) is 2. The Kier molecular flexibility index (Phi) is 2.38. The average molecular weight is 246 g/mol. The highest BCUT2D eigenvalue weighted by Crippen LogP contribution is 2.30. The average Bonchev–Trinajstić information content (AvgIpc) is 2.69. The topological polar surface area (TPSA) is 64.4 Å². The van der Waals surface area contributed by atoms with E-state index in [4.69, 9.17) is 9.84 Å². The number of carbonyl (C=O) groups is 1. The Bertz CT molecular complexity index is 614. The molecule has 2 aromatic rings. The smallest absolute Gasteiger partial charge is 0.335 e. The second-order valence-corrected chi connectivity index (χ2v) is 5.18. The lowest BCUT2D eigenvalue weighted by Gasteiger charge is -2.38. The lowest BCUT2D eigenvalue weighted by molar-refractivity contribution is -0.109. The van der Waals surface area contributed by atoms with Crippen LogP contribution in [-0.2, 0) is 11.3 Å². The first-order chi connectivity index (χ1) is 8.57. The molecule has 3 rings (SSSR count). The molecule has 1 aliphatic rings. The van der Waals surface area contributed by atoms with E-state index in [1.807, 2.05) is 4.57 Å². The van der Waals surface area contributed by atoms with E-state index < -0.39 is 5.97 Å². The quantitative estimate of drug-likeness (QED) is 0.896. The zero-order valence-corrected chi connectivity index (χ0v) is 10.1. The van der Waals surface area contributed by atoms with Gasteiger partial charge in [-0.15, -0.1) is 0 Å². The van der Waals surface area contributed by atoms with Crippen LogP contribution in [0.1, 0.15) is 17.3 Å². The minimum atomic E-state index is -0.914. The van der Waals surface area contributed by atoms with Crippen LogP contribution < -0.4 is 0 Å². The number of hydrogen-bond acceptors (Lipinski definition) is 3. The Morgan fingerprint density at radius 2 is 2.33 bits per heavy atom. The van der Waals surface area contributed by atoms with E-state index in [9.17, 15) is 4.79 Å². The van der Waals surface area contributed by atoms with Crippen LogP contribution in [0, 0.1) is 5.41 Å². The summed E-state index contributed by atoms with van der Waals surface area (Å²) in [5.41, 5.74) is 2.11. The van der Waals surface area contributed by atoms with E-state index in [1.165, 1.54) is 0 Å². The maximum absolute atomic E-state index is 11.0. The minimum absolute atomic E-state index is 0.132. The summed E-state index contributed by atoms with van der Waals surface area (Å²) in [4.78, 5) is 15.3. The van der Waals surface area contributed by atoms with Crippen LogP contribution in [0.2, 0.25) is 0 Å². The summed E-state index contributed by atoms with van der Waals surface area (Å²) in [6.45, 7) is 4.44. The van der Waals surface area contributed by atoms with Gasteiger partial charge in [0.05, 0.1) is 36.1 Å². The van der Waals surface area contributed by atoms with E-state index >= 15 is 0 Å². The van der Waals surface area contributed by atoms with Gasteiger partial charge in [-0.3, -0.25) is 0 Å². The third-order valence-electron chi connectivity index (χ3n) is 3.32. The Morgan fingerprint density at radius 3 is 2.94 bits per heavy atom. The summed E-state index contributed by atoms with van der Waals surface area (Å²) >= 11 is 0. The summed E-state index contributed by atoms with van der Waals surface area (Å²) in [6, 6.07) is 5.00. The van der Waals surface area contributed by atoms with Crippen molar-refractivity contribution in [1.82, 2.24) is 9.55 Å². The molecule has 2 heterocycles. The maximum atomic E-state index is 11.0. The molecular formula is C13H14N2O3. The van der Waals surface area contributed by atoms with Crippen LogP contribution in [0.4, 0.5) is 0 Å². The molecule has 1 saturated heterocycles. The van der Waals surface area contributed by atoms with Crippen molar-refractivity contribution in [2.24, 2.45) is 5.41 Å². The van der Waals surface area contributed by atoms with Crippen molar-refractivity contribution >= 4 is 17.0 Å². The highest BCUT2D eigenvalue weighted by molar-refractivity contribution is 5.92. The number of carboxylic acid groups (broad SMARTS) is 1. The van der Waals surface area contributed by atoms with E-state index in [0.717, 1.165) is 30.8 Å². The van der Waals surface area contributed by atoms with E-state index in [1.54, 1.807) is 24.5 Å². The van der Waals surface area contributed by atoms with Gasteiger partial charge in [-0.2, -0.15) is 0 Å². The molecular weight excluding hydrogens is 232 g/mol. The SMILES string of the molecule is CC1(Cn2cnc3ccc(C(=O)O)cc32)COC1. The fraction of sp³-hybridized carbons (Fsp3) is 0.385. The molecule has 0 bridgehead atoms. The highest BCUT2D eigenvalue weighted by atomic mass is 16.5. The number of aromatic carboxylic acids is 1. The number of ether oxygens (including phenoxy) is 1. The van der Waals surface area contributed by atoms with Crippen LogP contribution in [0.5, 0.6) is 0 Å². The van der Waals surface area contributed by atoms with Crippen molar-refractivity contribution < 1.29 is 14.6 Å². The van der Waals surface area contributed by atoms with E-state index in [2.05, 4.69) is 11.9 Å². The third-order valence-corrected chi connectivity index (χ3v) is 3.32. The van der Waals surface area contributed by atoms with Gasteiger partial charge in [-0.1, -0.05) is 6.92 Å². The molecule has 0 radical (unpaired) electrons. The van der Waals surface area contributed by atoms with Gasteiger partial charge in [0.25, 0.3) is 0 Å². The highest BCUT2D eigenvalue weighted by Gasteiger charge is 2.34. The molecule has 1 fully saturated rings. The number of hydrogen-bond donors (Lipinski definition) is 1. The van der Waals surface area contributed by atoms with Gasteiger partial charge >= 0.3 is 5.97 Å². The molecule has 94 valence electrons. The van der Waals surface area contributed by atoms with Crippen LogP contribution in [0.25, 0.3) is 11.0 Å². The predicted octanol–water partition coefficient (Wildman–Crippen LogP) is 1.77. The van der Waals surface area contributed by atoms with Crippen molar-refractivity contribution in [3.8, 4) is 0 Å². The molecule has 1 aromatic carbocycles. The van der Waals surface area contributed by atoms with Crippen LogP contribution in [0.3, 0.4) is 0 Å². The van der Waals surface area contributed by atoms with Crippen LogP contribution >= 0.6 is 0 Å². The summed E-state index contributed by atoms with van der Waals surface area (Å²) in [7, 11) is 0. The fourth-order valence-electron chi connectivity index (χ4n) is 2.27. The number of rotatable bonds is 3. The molecule has 0 spiro atoms. The van der Waals surface area contributed by atoms with Gasteiger partial charge in [0.15, 0.2) is 0 Å². The van der Waals surface area contributed by atoms with E-state index in [-0.39, 0.29) is 5.41 Å². The van der Waals surface area contributed by atoms with Gasteiger partial charge in [0.1, 0.15) is 0 Å². The first-order valence-electron chi connectivity index (χ1n) is 5.83. The van der Waals surface area contributed by atoms with Crippen molar-refractivity contribution in [3.05, 3.63) is 30.1 Å². The monoisotopic (exact) mass is 246 g/mol. The minimum Gasteiger partial charge on any atom is -0.478 e. The molecule has 0 amide bonds. The number of imidazole rings is 1. The first kappa shape index (κ1) is 11.2. The van der Waals surface area contributed by atoms with Crippen molar-refractivity contribution in [1.29, 1.82) is 0 Å². The third kappa shape index (κ3) is 1.76. The second kappa shape index (κ2) is 3.81. The molecule has 0 atom stereocenters. The Balaban J connectivity index is 2.01. The zero-order valence-electron chi connectivity index (χ0n) is 10.1. The normalized spacial score (nSPS) is 17.6. The van der Waals surface area contributed by atoms with Crippen molar-refractivity contribution in [3.63, 3.8) is 0 Å². The molecule has 0 unspecified atom stereocenters. The molecule has 18 heavy (non-hydrogen) atoms. The lowest BCUT2D eigenvalue weighted by atomic mass is 9.88. The second-order valence-electron chi connectivity index (χ2n) is 5.18. The zero-order chi connectivity index (χ0) is 12.8. The number of aromatic nitrogens is 2. The van der Waals surface area contributed by atoms with Crippen LogP contribution in [-0.4, -0.2) is 33.8 Å². The van der Waals surface area contributed by atoms with E-state index in [0.29, 0.717) is 5.56 Å². The Labute approximate surface area is 104 Å². The summed E-state index contributed by atoms with van der Waals surface area (Å²) in [6.07, 6.45) is 1.76. The summed E-state index contributed by atoms with van der Waals surface area (Å²) in [5.74, 6) is -0.914. The fourth-order valence-corrected chi connectivity index (χ4v) is 2.27. The summed E-state index contributed by atoms with van der Waals surface area (Å²) in [5, 5.41) is 9.01. The van der Waals surface area contributed by atoms with Crippen molar-refractivity contribution in [2.45, 2.75) is 13.5 Å². The molecule has 5 heteroatoms. The van der Waals surface area contributed by atoms with Crippen LogP contribution in [0.15, 0.2) is 24.5 Å². The number of benzene rings is 1. The Hall–Kier alpha value is -1.88. The molecule has 0 saturated carbocycles. The first-order valence-corrected chi connectivity index (χ1v) is 5.83. The van der Waals surface area contributed by atoms with Crippen molar-refractivity contribution in [2.75, 3.05) is 13.2 Å². The molecule has 1 aliphatic heterocycles. The summed E-state index contributed by atoms with van der Waals surface area (Å²) < 4.78 is 7.24. The number of fused-ring (bicyclic) bond motifs is 1. The predicted molar refractivity (Wildman–Crippen MR) is 65.6 cm³/mol. The Morgan fingerprint density at radius 1 is 1.56 bits per heavy atom.